The molecule has 4 rings (SSSR count). The van der Waals surface area contributed by atoms with Gasteiger partial charge in [0.25, 0.3) is 0 Å². The third-order valence-electron chi connectivity index (χ3n) is 6.53. The maximum absolute atomic E-state index is 14.8. The Labute approximate surface area is 248 Å². The number of thioether (sulfide) groups is 1. The van der Waals surface area contributed by atoms with E-state index in [9.17, 15) is 31.4 Å². The number of halogens is 6. The van der Waals surface area contributed by atoms with Crippen LogP contribution in [0.2, 0.25) is 0 Å². The van der Waals surface area contributed by atoms with Crippen LogP contribution in [0.15, 0.2) is 73.3 Å². The molecular weight excluding hydrogens is 600 g/mol. The first-order valence-electron chi connectivity index (χ1n) is 13.1. The second-order valence-corrected chi connectivity index (χ2v) is 11.4. The molecule has 232 valence electrons. The molecule has 7 nitrogen and oxygen atoms in total. The molecule has 2 unspecified atom stereocenters. The predicted molar refractivity (Wildman–Crippen MR) is 148 cm³/mol. The van der Waals surface area contributed by atoms with E-state index in [1.807, 2.05) is 0 Å². The molecule has 1 aliphatic heterocycles. The molecule has 0 aliphatic carbocycles. The minimum Gasteiger partial charge on any atom is -0.487 e. The van der Waals surface area contributed by atoms with Gasteiger partial charge in [0.1, 0.15) is 35.6 Å². The van der Waals surface area contributed by atoms with Crippen molar-refractivity contribution < 1.29 is 45.7 Å². The first-order chi connectivity index (χ1) is 20.5. The van der Waals surface area contributed by atoms with Crippen LogP contribution in [0.25, 0.3) is 6.08 Å². The monoisotopic (exact) mass is 629 g/mol. The first-order valence-corrected chi connectivity index (χ1v) is 14.0. The van der Waals surface area contributed by atoms with Gasteiger partial charge in [-0.25, -0.2) is 27.2 Å². The highest BCUT2D eigenvalue weighted by Crippen LogP contribution is 2.38. The van der Waals surface area contributed by atoms with Gasteiger partial charge in [-0.05, 0) is 29.8 Å². The molecule has 1 saturated heterocycles. The van der Waals surface area contributed by atoms with Gasteiger partial charge in [0.05, 0.1) is 25.0 Å². The van der Waals surface area contributed by atoms with Crippen molar-refractivity contribution in [2.75, 3.05) is 19.8 Å². The lowest BCUT2D eigenvalue weighted by Gasteiger charge is -2.37. The van der Waals surface area contributed by atoms with Crippen molar-refractivity contribution in [1.82, 2.24) is 14.8 Å². The minimum absolute atomic E-state index is 0.0402. The standard InChI is InChI=1S/C29H29F6N3O4S/c1-19(28(39,15-38-18-36-17-37-38)24-11-8-21(30)12-25(24)31)43-23-13-40-26(41-14-23)5-3-2-4-20-6-9-22(10-7-20)42-16-29(34,35)27(32)33/h2-12,17-19,23,26-27,39H,13-16H2,1H3/b4-2+,5-3+. The number of nitrogens with zero attached hydrogens (tertiary/aromatic N) is 3. The average Bonchev–Trinajstić information content (AvgIpc) is 3.48. The molecule has 1 aromatic heterocycles. The van der Waals surface area contributed by atoms with Gasteiger partial charge < -0.3 is 19.3 Å². The largest absolute Gasteiger partial charge is 0.487 e. The Morgan fingerprint density at radius 2 is 1.84 bits per heavy atom. The number of benzene rings is 2. The lowest BCUT2D eigenvalue weighted by molar-refractivity contribution is -0.148. The fraction of sp³-hybridized carbons (Fsp3) is 0.379. The van der Waals surface area contributed by atoms with Crippen LogP contribution in [0.5, 0.6) is 5.75 Å². The van der Waals surface area contributed by atoms with Gasteiger partial charge in [0, 0.05) is 16.9 Å². The number of hydrogen-bond donors (Lipinski definition) is 1. The molecule has 1 aliphatic rings. The molecule has 43 heavy (non-hydrogen) atoms. The molecule has 1 N–H and O–H groups in total. The second-order valence-electron chi connectivity index (χ2n) is 9.74. The summed E-state index contributed by atoms with van der Waals surface area (Å²) in [6.45, 7) is 0.772. The van der Waals surface area contributed by atoms with E-state index in [0.29, 0.717) is 5.56 Å². The topological polar surface area (TPSA) is 78.6 Å². The third-order valence-corrected chi connectivity index (χ3v) is 7.98. The van der Waals surface area contributed by atoms with E-state index in [4.69, 9.17) is 14.2 Å². The van der Waals surface area contributed by atoms with Gasteiger partial charge in [-0.2, -0.15) is 13.9 Å². The number of aromatic nitrogens is 3. The number of ether oxygens (including phenoxy) is 3. The zero-order valence-electron chi connectivity index (χ0n) is 22.8. The van der Waals surface area contributed by atoms with E-state index in [1.165, 1.54) is 47.3 Å². The highest BCUT2D eigenvalue weighted by Gasteiger charge is 2.42. The van der Waals surface area contributed by atoms with Crippen LogP contribution in [0.3, 0.4) is 0 Å². The molecular formula is C29H29F6N3O4S. The Morgan fingerprint density at radius 1 is 1.12 bits per heavy atom. The zero-order valence-corrected chi connectivity index (χ0v) is 23.6. The summed E-state index contributed by atoms with van der Waals surface area (Å²) in [6, 6.07) is 9.00. The molecule has 0 amide bonds. The highest BCUT2D eigenvalue weighted by molar-refractivity contribution is 8.00. The Balaban J connectivity index is 1.28. The van der Waals surface area contributed by atoms with Crippen molar-refractivity contribution in [3.05, 3.63) is 96.1 Å². The number of alkyl halides is 4. The fourth-order valence-corrected chi connectivity index (χ4v) is 5.48. The zero-order chi connectivity index (χ0) is 31.0. The predicted octanol–water partition coefficient (Wildman–Crippen LogP) is 5.86. The summed E-state index contributed by atoms with van der Waals surface area (Å²) in [5, 5.41) is 14.9. The molecule has 0 bridgehead atoms. The summed E-state index contributed by atoms with van der Waals surface area (Å²) in [6.07, 6.45) is 5.07. The average molecular weight is 630 g/mol. The maximum Gasteiger partial charge on any atom is 0.340 e. The SMILES string of the molecule is CC(SC1COC(/C=C/C=C/c2ccc(OCC(F)(F)C(F)F)cc2)OC1)C(O)(Cn1cncn1)c1ccc(F)cc1F. The molecule has 2 aromatic carbocycles. The van der Waals surface area contributed by atoms with Crippen LogP contribution >= 0.6 is 11.8 Å². The number of hydrogen-bond acceptors (Lipinski definition) is 7. The van der Waals surface area contributed by atoms with Crippen LogP contribution in [0.4, 0.5) is 26.3 Å². The van der Waals surface area contributed by atoms with E-state index in [1.54, 1.807) is 43.4 Å². The van der Waals surface area contributed by atoms with E-state index in [-0.39, 0.29) is 36.3 Å². The number of allylic oxidation sites excluding steroid dienone is 2. The van der Waals surface area contributed by atoms with Crippen LogP contribution in [0.1, 0.15) is 18.1 Å². The van der Waals surface area contributed by atoms with Gasteiger partial charge in [-0.1, -0.05) is 43.4 Å². The van der Waals surface area contributed by atoms with Gasteiger partial charge in [0.15, 0.2) is 12.9 Å². The van der Waals surface area contributed by atoms with Gasteiger partial charge in [-0.15, -0.1) is 11.8 Å². The normalized spacial score (nSPS) is 20.1. The van der Waals surface area contributed by atoms with E-state index in [0.717, 1.165) is 12.1 Å². The lowest BCUT2D eigenvalue weighted by atomic mass is 9.90. The Bertz CT molecular complexity index is 1370. The van der Waals surface area contributed by atoms with Crippen LogP contribution in [-0.4, -0.2) is 68.8 Å². The van der Waals surface area contributed by atoms with Gasteiger partial charge in [-0.3, -0.25) is 0 Å². The summed E-state index contributed by atoms with van der Waals surface area (Å²) in [5.41, 5.74) is -1.10. The summed E-state index contributed by atoms with van der Waals surface area (Å²) in [7, 11) is 0. The van der Waals surface area contributed by atoms with E-state index < -0.39 is 47.7 Å². The maximum atomic E-state index is 14.8. The fourth-order valence-electron chi connectivity index (χ4n) is 4.17. The Kier molecular flexibility index (Phi) is 10.9. The van der Waals surface area contributed by atoms with E-state index in [2.05, 4.69) is 10.1 Å². The number of aliphatic hydroxyl groups is 1. The highest BCUT2D eigenvalue weighted by atomic mass is 32.2. The van der Waals surface area contributed by atoms with Crippen LogP contribution in [0, 0.1) is 11.6 Å². The van der Waals surface area contributed by atoms with E-state index >= 15 is 0 Å². The van der Waals surface area contributed by atoms with Gasteiger partial charge >= 0.3 is 12.3 Å². The molecule has 3 aromatic rings. The minimum atomic E-state index is -4.23. The molecule has 0 radical (unpaired) electrons. The number of rotatable bonds is 13. The second kappa shape index (κ2) is 14.4. The molecule has 1 fully saturated rings. The van der Waals surface area contributed by atoms with Crippen molar-refractivity contribution >= 4 is 17.8 Å². The molecule has 2 heterocycles. The summed E-state index contributed by atoms with van der Waals surface area (Å²) in [5.74, 6) is -5.81. The smallest absolute Gasteiger partial charge is 0.340 e. The lowest BCUT2D eigenvalue weighted by Crippen LogP contribution is -2.43. The molecule has 0 spiro atoms. The Hall–Kier alpha value is -3.33. The van der Waals surface area contributed by atoms with Crippen molar-refractivity contribution in [2.45, 2.75) is 48.2 Å². The Morgan fingerprint density at radius 3 is 2.47 bits per heavy atom. The third kappa shape index (κ3) is 8.85. The quantitative estimate of drug-likeness (QED) is 0.188. The van der Waals surface area contributed by atoms with Crippen LogP contribution < -0.4 is 4.74 Å². The molecule has 0 saturated carbocycles. The summed E-state index contributed by atoms with van der Waals surface area (Å²) in [4.78, 5) is 3.87. The van der Waals surface area contributed by atoms with Crippen molar-refractivity contribution in [3.8, 4) is 5.75 Å². The van der Waals surface area contributed by atoms with Gasteiger partial charge in [0.2, 0.25) is 0 Å². The molecule has 14 heteroatoms. The summed E-state index contributed by atoms with van der Waals surface area (Å²) < 4.78 is 96.5. The van der Waals surface area contributed by atoms with Crippen molar-refractivity contribution in [3.63, 3.8) is 0 Å². The van der Waals surface area contributed by atoms with Crippen molar-refractivity contribution in [1.29, 1.82) is 0 Å². The molecule has 2 atom stereocenters. The summed E-state index contributed by atoms with van der Waals surface area (Å²) >= 11 is 1.34. The first kappa shape index (κ1) is 32.6. The van der Waals surface area contributed by atoms with Crippen molar-refractivity contribution in [2.24, 2.45) is 0 Å². The van der Waals surface area contributed by atoms with Crippen LogP contribution in [-0.2, 0) is 21.6 Å².